The fraction of sp³-hybridized carbons (Fsp3) is 0.350. The van der Waals surface area contributed by atoms with E-state index in [1.165, 1.54) is 11.6 Å². The average Bonchev–Trinajstić information content (AvgIpc) is 3.45. The maximum Gasteiger partial charge on any atom is 0.238 e. The van der Waals surface area contributed by atoms with Crippen molar-refractivity contribution in [3.05, 3.63) is 64.7 Å². The van der Waals surface area contributed by atoms with Crippen LogP contribution in [0.1, 0.15) is 30.9 Å². The molecule has 3 rings (SSSR count). The van der Waals surface area contributed by atoms with Gasteiger partial charge in [0.15, 0.2) is 5.96 Å². The van der Waals surface area contributed by atoms with Crippen LogP contribution in [-0.2, 0) is 22.0 Å². The smallest absolute Gasteiger partial charge is 0.238 e. The minimum Gasteiger partial charge on any atom is -0.357 e. The standard InChI is InChI=1S/C20H25ClN4O2S.HI/c1-2-23-19(24-13-15-5-3-8-18(11-15)28(22,26)27)25-14-20(9-10-20)16-6-4-7-17(21)12-16;/h3-8,11-12H,2,9-10,13-14H2,1H3,(H2,22,26,27)(H2,23,24,25);1H. The molecule has 0 spiro atoms. The summed E-state index contributed by atoms with van der Waals surface area (Å²) in [6.07, 6.45) is 2.21. The maximum atomic E-state index is 11.5. The van der Waals surface area contributed by atoms with E-state index in [1.54, 1.807) is 12.1 Å². The van der Waals surface area contributed by atoms with Gasteiger partial charge in [-0.3, -0.25) is 0 Å². The van der Waals surface area contributed by atoms with Crippen molar-refractivity contribution in [3.63, 3.8) is 0 Å². The summed E-state index contributed by atoms with van der Waals surface area (Å²) in [5.41, 5.74) is 2.11. The van der Waals surface area contributed by atoms with Gasteiger partial charge in [-0.15, -0.1) is 24.0 Å². The van der Waals surface area contributed by atoms with E-state index in [0.717, 1.165) is 36.5 Å². The Morgan fingerprint density at radius 1 is 1.17 bits per heavy atom. The largest absolute Gasteiger partial charge is 0.357 e. The molecule has 9 heteroatoms. The summed E-state index contributed by atoms with van der Waals surface area (Å²) in [6, 6.07) is 14.5. The van der Waals surface area contributed by atoms with Crippen LogP contribution in [0.15, 0.2) is 58.4 Å². The SMILES string of the molecule is CCNC(=NCc1cccc(S(N)(=O)=O)c1)NCC1(c2cccc(Cl)c2)CC1.I. The lowest BCUT2D eigenvalue weighted by Crippen LogP contribution is -2.41. The Bertz CT molecular complexity index is 978. The van der Waals surface area contributed by atoms with Gasteiger partial charge in [0, 0.05) is 23.5 Å². The van der Waals surface area contributed by atoms with Crippen molar-refractivity contribution in [2.24, 2.45) is 10.1 Å². The van der Waals surface area contributed by atoms with Crippen LogP contribution in [0.3, 0.4) is 0 Å². The van der Waals surface area contributed by atoms with Crippen molar-refractivity contribution in [2.45, 2.75) is 36.6 Å². The Morgan fingerprint density at radius 3 is 2.52 bits per heavy atom. The summed E-state index contributed by atoms with van der Waals surface area (Å²) in [5.74, 6) is 0.691. The summed E-state index contributed by atoms with van der Waals surface area (Å²) in [7, 11) is -3.72. The summed E-state index contributed by atoms with van der Waals surface area (Å²) in [4.78, 5) is 4.68. The van der Waals surface area contributed by atoms with Gasteiger partial charge in [-0.25, -0.2) is 18.5 Å². The number of hydrogen-bond donors (Lipinski definition) is 3. The third kappa shape index (κ3) is 6.56. The molecule has 4 N–H and O–H groups in total. The van der Waals surface area contributed by atoms with Gasteiger partial charge in [-0.1, -0.05) is 35.9 Å². The normalized spacial score (nSPS) is 15.3. The molecule has 2 aromatic rings. The van der Waals surface area contributed by atoms with Crippen LogP contribution in [0.25, 0.3) is 0 Å². The number of hydrogen-bond acceptors (Lipinski definition) is 3. The maximum absolute atomic E-state index is 11.5. The molecule has 1 aliphatic rings. The molecular weight excluding hydrogens is 523 g/mol. The van der Waals surface area contributed by atoms with E-state index in [0.29, 0.717) is 12.5 Å². The van der Waals surface area contributed by atoms with E-state index < -0.39 is 10.0 Å². The van der Waals surface area contributed by atoms with Crippen LogP contribution in [0.4, 0.5) is 0 Å². The van der Waals surface area contributed by atoms with Crippen LogP contribution >= 0.6 is 35.6 Å². The lowest BCUT2D eigenvalue weighted by atomic mass is 9.96. The van der Waals surface area contributed by atoms with E-state index in [4.69, 9.17) is 16.7 Å². The van der Waals surface area contributed by atoms with Crippen LogP contribution in [0.5, 0.6) is 0 Å². The van der Waals surface area contributed by atoms with Gasteiger partial charge in [-0.2, -0.15) is 0 Å². The second-order valence-corrected chi connectivity index (χ2v) is 9.03. The number of nitrogens with one attached hydrogen (secondary N) is 2. The Labute approximate surface area is 194 Å². The summed E-state index contributed by atoms with van der Waals surface area (Å²) >= 11 is 6.15. The monoisotopic (exact) mass is 548 g/mol. The molecule has 158 valence electrons. The highest BCUT2D eigenvalue weighted by Gasteiger charge is 2.44. The van der Waals surface area contributed by atoms with Gasteiger partial charge >= 0.3 is 0 Å². The number of aliphatic imine (C=N–C) groups is 1. The van der Waals surface area contributed by atoms with E-state index >= 15 is 0 Å². The fourth-order valence-electron chi connectivity index (χ4n) is 3.12. The highest BCUT2D eigenvalue weighted by atomic mass is 127. The Kier molecular flexibility index (Phi) is 8.33. The predicted molar refractivity (Wildman–Crippen MR) is 128 cm³/mol. The molecule has 0 heterocycles. The van der Waals surface area contributed by atoms with Gasteiger partial charge in [0.25, 0.3) is 0 Å². The molecule has 0 atom stereocenters. The number of primary sulfonamides is 1. The highest BCUT2D eigenvalue weighted by molar-refractivity contribution is 14.0. The zero-order valence-electron chi connectivity index (χ0n) is 16.2. The predicted octanol–water partition coefficient (Wildman–Crippen LogP) is 3.39. The lowest BCUT2D eigenvalue weighted by molar-refractivity contribution is 0.597. The third-order valence-corrected chi connectivity index (χ3v) is 6.02. The van der Waals surface area contributed by atoms with E-state index in [9.17, 15) is 8.42 Å². The number of benzene rings is 2. The van der Waals surface area contributed by atoms with Crippen molar-refractivity contribution in [1.82, 2.24) is 10.6 Å². The molecule has 0 amide bonds. The summed E-state index contributed by atoms with van der Waals surface area (Å²) in [6.45, 7) is 3.84. The molecule has 0 radical (unpaired) electrons. The first-order valence-corrected chi connectivity index (χ1v) is 11.1. The molecule has 1 fully saturated rings. The zero-order valence-corrected chi connectivity index (χ0v) is 20.1. The first-order chi connectivity index (χ1) is 13.3. The van der Waals surface area contributed by atoms with E-state index in [-0.39, 0.29) is 34.3 Å². The van der Waals surface area contributed by atoms with E-state index in [2.05, 4.69) is 21.7 Å². The van der Waals surface area contributed by atoms with Gasteiger partial charge < -0.3 is 10.6 Å². The number of sulfonamides is 1. The van der Waals surface area contributed by atoms with Crippen LogP contribution in [0, 0.1) is 0 Å². The molecule has 0 unspecified atom stereocenters. The first-order valence-electron chi connectivity index (χ1n) is 9.22. The van der Waals surface area contributed by atoms with Crippen LogP contribution < -0.4 is 15.8 Å². The first kappa shape index (κ1) is 23.9. The van der Waals surface area contributed by atoms with Crippen molar-refractivity contribution in [2.75, 3.05) is 13.1 Å². The lowest BCUT2D eigenvalue weighted by Gasteiger charge is -2.19. The van der Waals surface area contributed by atoms with Gasteiger partial charge in [0.05, 0.1) is 11.4 Å². The molecule has 0 saturated heterocycles. The minimum absolute atomic E-state index is 0. The van der Waals surface area contributed by atoms with Crippen LogP contribution in [0.2, 0.25) is 5.02 Å². The summed E-state index contributed by atoms with van der Waals surface area (Å²) < 4.78 is 23.0. The Hall–Kier alpha value is -1.36. The quantitative estimate of drug-likeness (QED) is 0.281. The van der Waals surface area contributed by atoms with Crippen molar-refractivity contribution in [1.29, 1.82) is 0 Å². The molecule has 1 saturated carbocycles. The topological polar surface area (TPSA) is 96.6 Å². The molecule has 6 nitrogen and oxygen atoms in total. The number of nitrogens with two attached hydrogens (primary N) is 1. The summed E-state index contributed by atoms with van der Waals surface area (Å²) in [5, 5.41) is 12.6. The average molecular weight is 549 g/mol. The molecule has 0 aromatic heterocycles. The second kappa shape index (κ2) is 10.1. The minimum atomic E-state index is -3.72. The van der Waals surface area contributed by atoms with Crippen molar-refractivity contribution >= 4 is 51.6 Å². The Morgan fingerprint density at radius 2 is 1.90 bits per heavy atom. The van der Waals surface area contributed by atoms with Gasteiger partial charge in [0.2, 0.25) is 10.0 Å². The number of nitrogens with zero attached hydrogens (tertiary/aromatic N) is 1. The van der Waals surface area contributed by atoms with Crippen LogP contribution in [-0.4, -0.2) is 27.5 Å². The number of rotatable bonds is 7. The second-order valence-electron chi connectivity index (χ2n) is 7.03. The molecule has 2 aromatic carbocycles. The van der Waals surface area contributed by atoms with Crippen molar-refractivity contribution in [3.8, 4) is 0 Å². The molecule has 1 aliphatic carbocycles. The fourth-order valence-corrected chi connectivity index (χ4v) is 3.90. The highest BCUT2D eigenvalue weighted by Crippen LogP contribution is 2.48. The number of guanidine groups is 1. The van der Waals surface area contributed by atoms with E-state index in [1.807, 2.05) is 31.2 Å². The molecular formula is C20H26ClIN4O2S. The van der Waals surface area contributed by atoms with Gasteiger partial charge in [-0.05, 0) is 55.2 Å². The van der Waals surface area contributed by atoms with Crippen molar-refractivity contribution < 1.29 is 8.42 Å². The Balaban J connectivity index is 0.00000300. The zero-order chi connectivity index (χ0) is 20.2. The number of halogens is 2. The molecule has 29 heavy (non-hydrogen) atoms. The van der Waals surface area contributed by atoms with Gasteiger partial charge in [0.1, 0.15) is 0 Å². The molecule has 0 bridgehead atoms. The molecule has 0 aliphatic heterocycles. The third-order valence-electron chi connectivity index (χ3n) is 4.88.